The van der Waals surface area contributed by atoms with Crippen LogP contribution in [0.1, 0.15) is 29.6 Å². The predicted molar refractivity (Wildman–Crippen MR) is 70.9 cm³/mol. The third-order valence-corrected chi connectivity index (χ3v) is 3.36. The highest BCUT2D eigenvalue weighted by atomic mass is 79.9. The number of ketones is 1. The van der Waals surface area contributed by atoms with Crippen molar-refractivity contribution < 1.29 is 24.2 Å². The molecule has 1 aliphatic rings. The maximum atomic E-state index is 12.0. The zero-order valence-electron chi connectivity index (χ0n) is 10.1. The van der Waals surface area contributed by atoms with E-state index in [1.807, 2.05) is 0 Å². The molecule has 0 bridgehead atoms. The summed E-state index contributed by atoms with van der Waals surface area (Å²) in [6.45, 7) is 1.11. The molecule has 0 fully saturated rings. The van der Waals surface area contributed by atoms with Gasteiger partial charge in [0.05, 0.1) is 19.6 Å². The summed E-state index contributed by atoms with van der Waals surface area (Å²) >= 11 is 3.30. The molecule has 0 spiro atoms. The number of rotatable bonds is 4. The van der Waals surface area contributed by atoms with Crippen molar-refractivity contribution in [2.24, 2.45) is 0 Å². The van der Waals surface area contributed by atoms with E-state index in [1.54, 1.807) is 12.1 Å². The molecular formula is C13H13BrO5. The van der Waals surface area contributed by atoms with Crippen molar-refractivity contribution in [3.8, 4) is 11.5 Å². The number of Topliss-reactive ketones (excluding diaryl/α,β-unsaturated/α-hetero) is 1. The SMILES string of the molecule is O=C(O)CCC(=O)c1cc2c(cc1Br)OCCCO2. The number of aliphatic carboxylic acids is 1. The molecule has 0 saturated carbocycles. The molecule has 0 atom stereocenters. The highest BCUT2D eigenvalue weighted by Crippen LogP contribution is 2.35. The predicted octanol–water partition coefficient (Wildman–Crippen LogP) is 2.66. The lowest BCUT2D eigenvalue weighted by Crippen LogP contribution is -2.05. The maximum Gasteiger partial charge on any atom is 0.303 e. The minimum absolute atomic E-state index is 0.0341. The summed E-state index contributed by atoms with van der Waals surface area (Å²) in [6, 6.07) is 3.30. The van der Waals surface area contributed by atoms with Gasteiger partial charge in [0.1, 0.15) is 0 Å². The van der Waals surface area contributed by atoms with E-state index in [1.165, 1.54) is 0 Å². The Kier molecular flexibility index (Phi) is 4.42. The van der Waals surface area contributed by atoms with Crippen LogP contribution in [0.4, 0.5) is 0 Å². The van der Waals surface area contributed by atoms with E-state index in [2.05, 4.69) is 15.9 Å². The van der Waals surface area contributed by atoms with Gasteiger partial charge < -0.3 is 14.6 Å². The molecule has 1 N–H and O–H groups in total. The molecule has 0 amide bonds. The first-order valence-electron chi connectivity index (χ1n) is 5.92. The van der Waals surface area contributed by atoms with Gasteiger partial charge in [-0.15, -0.1) is 0 Å². The molecule has 0 radical (unpaired) electrons. The molecule has 0 aliphatic carbocycles. The lowest BCUT2D eigenvalue weighted by Gasteiger charge is -2.10. The molecule has 19 heavy (non-hydrogen) atoms. The third kappa shape index (κ3) is 3.47. The fourth-order valence-electron chi connectivity index (χ4n) is 1.75. The van der Waals surface area contributed by atoms with E-state index < -0.39 is 5.97 Å². The Morgan fingerprint density at radius 1 is 1.16 bits per heavy atom. The lowest BCUT2D eigenvalue weighted by atomic mass is 10.1. The number of halogens is 1. The number of hydrogen-bond donors (Lipinski definition) is 1. The monoisotopic (exact) mass is 328 g/mol. The van der Waals surface area contributed by atoms with E-state index in [9.17, 15) is 9.59 Å². The van der Waals surface area contributed by atoms with E-state index in [0.29, 0.717) is 34.7 Å². The first-order valence-corrected chi connectivity index (χ1v) is 6.71. The number of carboxylic acid groups (broad SMARTS) is 1. The highest BCUT2D eigenvalue weighted by molar-refractivity contribution is 9.10. The summed E-state index contributed by atoms with van der Waals surface area (Å²) in [4.78, 5) is 22.4. The summed E-state index contributed by atoms with van der Waals surface area (Å²) in [5, 5.41) is 8.60. The van der Waals surface area contributed by atoms with Gasteiger partial charge in [-0.1, -0.05) is 0 Å². The van der Waals surface area contributed by atoms with Crippen LogP contribution in [0, 0.1) is 0 Å². The Labute approximate surface area is 118 Å². The molecule has 0 aromatic heterocycles. The molecule has 1 aromatic carbocycles. The van der Waals surface area contributed by atoms with Gasteiger partial charge >= 0.3 is 5.97 Å². The smallest absolute Gasteiger partial charge is 0.303 e. The van der Waals surface area contributed by atoms with Crippen LogP contribution >= 0.6 is 15.9 Å². The topological polar surface area (TPSA) is 72.8 Å². The summed E-state index contributed by atoms with van der Waals surface area (Å²) in [5.74, 6) is -0.0951. The number of carboxylic acids is 1. The number of hydrogen-bond acceptors (Lipinski definition) is 4. The van der Waals surface area contributed by atoms with Gasteiger partial charge in [-0.3, -0.25) is 9.59 Å². The van der Waals surface area contributed by atoms with Gasteiger partial charge in [0.25, 0.3) is 0 Å². The van der Waals surface area contributed by atoms with E-state index in [-0.39, 0.29) is 18.6 Å². The zero-order valence-corrected chi connectivity index (χ0v) is 11.7. The molecular weight excluding hydrogens is 316 g/mol. The molecule has 2 rings (SSSR count). The number of ether oxygens (including phenoxy) is 2. The normalized spacial score (nSPS) is 13.7. The molecule has 6 heteroatoms. The van der Waals surface area contributed by atoms with Gasteiger partial charge in [-0.2, -0.15) is 0 Å². The van der Waals surface area contributed by atoms with Crippen LogP contribution in [0.15, 0.2) is 16.6 Å². The fourth-order valence-corrected chi connectivity index (χ4v) is 2.30. The Balaban J connectivity index is 2.23. The van der Waals surface area contributed by atoms with Crippen molar-refractivity contribution in [2.75, 3.05) is 13.2 Å². The van der Waals surface area contributed by atoms with Crippen molar-refractivity contribution in [3.05, 3.63) is 22.2 Å². The van der Waals surface area contributed by atoms with Crippen molar-refractivity contribution >= 4 is 27.7 Å². The van der Waals surface area contributed by atoms with E-state index >= 15 is 0 Å². The van der Waals surface area contributed by atoms with Crippen LogP contribution in [-0.2, 0) is 4.79 Å². The Morgan fingerprint density at radius 2 is 1.79 bits per heavy atom. The zero-order chi connectivity index (χ0) is 13.8. The van der Waals surface area contributed by atoms with Crippen LogP contribution in [0.3, 0.4) is 0 Å². The summed E-state index contributed by atoms with van der Waals surface area (Å²) in [7, 11) is 0. The minimum Gasteiger partial charge on any atom is -0.490 e. The first-order chi connectivity index (χ1) is 9.08. The second kappa shape index (κ2) is 6.06. The quantitative estimate of drug-likeness (QED) is 0.860. The van der Waals surface area contributed by atoms with Gasteiger partial charge in [0, 0.05) is 22.9 Å². The van der Waals surface area contributed by atoms with Crippen molar-refractivity contribution in [1.82, 2.24) is 0 Å². The second-order valence-corrected chi connectivity index (χ2v) is 5.00. The fraction of sp³-hybridized carbons (Fsp3) is 0.385. The summed E-state index contributed by atoms with van der Waals surface area (Å²) < 4.78 is 11.6. The van der Waals surface area contributed by atoms with Crippen LogP contribution in [0.25, 0.3) is 0 Å². The number of benzene rings is 1. The highest BCUT2D eigenvalue weighted by Gasteiger charge is 2.18. The average Bonchev–Trinajstić information content (AvgIpc) is 2.59. The van der Waals surface area contributed by atoms with Crippen LogP contribution in [0.2, 0.25) is 0 Å². The minimum atomic E-state index is -0.987. The molecule has 102 valence electrons. The first kappa shape index (κ1) is 13.9. The molecule has 0 unspecified atom stereocenters. The Bertz CT molecular complexity index is 512. The van der Waals surface area contributed by atoms with Gasteiger partial charge in [-0.25, -0.2) is 0 Å². The van der Waals surface area contributed by atoms with Crippen molar-refractivity contribution in [2.45, 2.75) is 19.3 Å². The average molecular weight is 329 g/mol. The molecule has 1 heterocycles. The third-order valence-electron chi connectivity index (χ3n) is 2.70. The second-order valence-electron chi connectivity index (χ2n) is 4.15. The van der Waals surface area contributed by atoms with Crippen LogP contribution in [0.5, 0.6) is 11.5 Å². The molecule has 5 nitrogen and oxygen atoms in total. The Hall–Kier alpha value is -1.56. The molecule has 1 aromatic rings. The van der Waals surface area contributed by atoms with Crippen LogP contribution < -0.4 is 9.47 Å². The lowest BCUT2D eigenvalue weighted by molar-refractivity contribution is -0.136. The van der Waals surface area contributed by atoms with Crippen LogP contribution in [-0.4, -0.2) is 30.1 Å². The van der Waals surface area contributed by atoms with Gasteiger partial charge in [-0.05, 0) is 28.1 Å². The van der Waals surface area contributed by atoms with Crippen molar-refractivity contribution in [1.29, 1.82) is 0 Å². The summed E-state index contributed by atoms with van der Waals surface area (Å²) in [6.07, 6.45) is 0.571. The van der Waals surface area contributed by atoms with E-state index in [0.717, 1.165) is 6.42 Å². The maximum absolute atomic E-state index is 12.0. The van der Waals surface area contributed by atoms with E-state index in [4.69, 9.17) is 14.6 Å². The largest absolute Gasteiger partial charge is 0.490 e. The number of fused-ring (bicyclic) bond motifs is 1. The summed E-state index contributed by atoms with van der Waals surface area (Å²) in [5.41, 5.74) is 0.422. The standard InChI is InChI=1S/C13H13BrO5/c14-9-7-12-11(18-4-1-5-19-12)6-8(9)10(15)2-3-13(16)17/h6-7H,1-5H2,(H,16,17). The van der Waals surface area contributed by atoms with Gasteiger partial charge in [0.15, 0.2) is 17.3 Å². The van der Waals surface area contributed by atoms with Gasteiger partial charge in [0.2, 0.25) is 0 Å². The van der Waals surface area contributed by atoms with Crippen molar-refractivity contribution in [3.63, 3.8) is 0 Å². The number of carbonyl (C=O) groups is 2. The molecule has 1 aliphatic heterocycles. The number of carbonyl (C=O) groups excluding carboxylic acids is 1. The Morgan fingerprint density at radius 3 is 2.42 bits per heavy atom. The molecule has 0 saturated heterocycles.